The maximum absolute atomic E-state index is 13.0. The Kier molecular flexibility index (Phi) is 7.46. The number of nitrogens with zero attached hydrogens (tertiary/aromatic N) is 2. The van der Waals surface area contributed by atoms with Gasteiger partial charge >= 0.3 is 0 Å². The SMILES string of the molecule is CCOc1ccc(S(=O)(=O)N2CCC(C(=O)N(C)c3ccc(OC)cc3)CC2)cc1Cl. The van der Waals surface area contributed by atoms with Crippen LogP contribution in [0.15, 0.2) is 47.4 Å². The molecule has 9 heteroatoms. The molecule has 0 unspecified atom stereocenters. The number of ether oxygens (including phenoxy) is 2. The fourth-order valence-electron chi connectivity index (χ4n) is 3.61. The summed E-state index contributed by atoms with van der Waals surface area (Å²) < 4.78 is 38.0. The average Bonchev–Trinajstić information content (AvgIpc) is 2.79. The van der Waals surface area contributed by atoms with E-state index in [0.29, 0.717) is 25.2 Å². The molecule has 1 aliphatic rings. The molecule has 0 saturated carbocycles. The maximum atomic E-state index is 13.0. The normalized spacial score (nSPS) is 15.5. The van der Waals surface area contributed by atoms with Crippen molar-refractivity contribution in [2.24, 2.45) is 5.92 Å². The Labute approximate surface area is 188 Å². The molecular formula is C22H27ClN2O5S. The van der Waals surface area contributed by atoms with Crippen LogP contribution in [0.4, 0.5) is 5.69 Å². The minimum absolute atomic E-state index is 0.0219. The van der Waals surface area contributed by atoms with Crippen molar-refractivity contribution in [2.75, 3.05) is 38.8 Å². The van der Waals surface area contributed by atoms with Crippen LogP contribution in [0.5, 0.6) is 11.5 Å². The summed E-state index contributed by atoms with van der Waals surface area (Å²) >= 11 is 6.16. The lowest BCUT2D eigenvalue weighted by Gasteiger charge is -2.32. The number of benzene rings is 2. The molecule has 168 valence electrons. The first-order chi connectivity index (χ1) is 14.8. The second-order valence-corrected chi connectivity index (χ2v) is 9.64. The molecule has 0 atom stereocenters. The van der Waals surface area contributed by atoms with Crippen LogP contribution in [0.1, 0.15) is 19.8 Å². The average molecular weight is 467 g/mol. The number of carbonyl (C=O) groups is 1. The highest BCUT2D eigenvalue weighted by atomic mass is 35.5. The molecule has 1 saturated heterocycles. The molecule has 0 aliphatic carbocycles. The number of hydrogen-bond donors (Lipinski definition) is 0. The van der Waals surface area contributed by atoms with Crippen LogP contribution < -0.4 is 14.4 Å². The predicted molar refractivity (Wildman–Crippen MR) is 121 cm³/mol. The Morgan fingerprint density at radius 2 is 1.81 bits per heavy atom. The Morgan fingerprint density at radius 1 is 1.16 bits per heavy atom. The van der Waals surface area contributed by atoms with Gasteiger partial charge in [-0.3, -0.25) is 4.79 Å². The van der Waals surface area contributed by atoms with E-state index in [0.717, 1.165) is 11.4 Å². The van der Waals surface area contributed by atoms with Crippen molar-refractivity contribution < 1.29 is 22.7 Å². The molecule has 3 rings (SSSR count). The summed E-state index contributed by atoms with van der Waals surface area (Å²) in [5, 5.41) is 0.258. The highest BCUT2D eigenvalue weighted by molar-refractivity contribution is 7.89. The third kappa shape index (κ3) is 5.14. The second kappa shape index (κ2) is 9.89. The van der Waals surface area contributed by atoms with E-state index in [4.69, 9.17) is 21.1 Å². The molecule has 0 N–H and O–H groups in total. The van der Waals surface area contributed by atoms with E-state index in [-0.39, 0.29) is 34.8 Å². The van der Waals surface area contributed by atoms with E-state index >= 15 is 0 Å². The summed E-state index contributed by atoms with van der Waals surface area (Å²) in [6.07, 6.45) is 0.923. The number of sulfonamides is 1. The van der Waals surface area contributed by atoms with Gasteiger partial charge in [0.1, 0.15) is 11.5 Å². The molecule has 0 radical (unpaired) electrons. The lowest BCUT2D eigenvalue weighted by Crippen LogP contribution is -2.43. The summed E-state index contributed by atoms with van der Waals surface area (Å²) in [6, 6.07) is 11.7. The molecule has 1 amide bonds. The molecule has 1 heterocycles. The second-order valence-electron chi connectivity index (χ2n) is 7.30. The van der Waals surface area contributed by atoms with Gasteiger partial charge in [-0.15, -0.1) is 0 Å². The summed E-state index contributed by atoms with van der Waals surface area (Å²) in [7, 11) is -0.369. The fraction of sp³-hybridized carbons (Fsp3) is 0.409. The molecule has 0 spiro atoms. The van der Waals surface area contributed by atoms with E-state index in [1.807, 2.05) is 19.1 Å². The van der Waals surface area contributed by atoms with Gasteiger partial charge in [0, 0.05) is 31.7 Å². The van der Waals surface area contributed by atoms with Crippen LogP contribution in [0, 0.1) is 5.92 Å². The number of piperidine rings is 1. The largest absolute Gasteiger partial charge is 0.497 e. The van der Waals surface area contributed by atoms with Crippen LogP contribution in [-0.2, 0) is 14.8 Å². The van der Waals surface area contributed by atoms with Crippen molar-refractivity contribution >= 4 is 33.2 Å². The summed E-state index contributed by atoms with van der Waals surface area (Å²) in [6.45, 7) is 2.83. The molecule has 0 bridgehead atoms. The number of rotatable bonds is 7. The van der Waals surface area contributed by atoms with Gasteiger partial charge in [0.2, 0.25) is 15.9 Å². The predicted octanol–water partition coefficient (Wildman–Crippen LogP) is 3.81. The van der Waals surface area contributed by atoms with Gasteiger partial charge in [0.25, 0.3) is 0 Å². The topological polar surface area (TPSA) is 76.2 Å². The third-order valence-electron chi connectivity index (χ3n) is 5.43. The number of methoxy groups -OCH3 is 1. The van der Waals surface area contributed by atoms with Crippen molar-refractivity contribution in [2.45, 2.75) is 24.7 Å². The van der Waals surface area contributed by atoms with Gasteiger partial charge < -0.3 is 14.4 Å². The highest BCUT2D eigenvalue weighted by Gasteiger charge is 2.33. The minimum Gasteiger partial charge on any atom is -0.497 e. The first-order valence-electron chi connectivity index (χ1n) is 10.1. The van der Waals surface area contributed by atoms with E-state index in [2.05, 4.69) is 0 Å². The van der Waals surface area contributed by atoms with Gasteiger partial charge in [0.15, 0.2) is 0 Å². The van der Waals surface area contributed by atoms with Crippen molar-refractivity contribution in [1.29, 1.82) is 0 Å². The molecule has 1 aliphatic heterocycles. The molecule has 2 aromatic rings. The summed E-state index contributed by atoms with van der Waals surface area (Å²) in [4.78, 5) is 14.7. The smallest absolute Gasteiger partial charge is 0.243 e. The van der Waals surface area contributed by atoms with Crippen molar-refractivity contribution in [3.05, 3.63) is 47.5 Å². The molecule has 1 fully saturated rings. The number of anilines is 1. The lowest BCUT2D eigenvalue weighted by atomic mass is 9.96. The first-order valence-corrected chi connectivity index (χ1v) is 11.9. The van der Waals surface area contributed by atoms with Crippen LogP contribution in [0.3, 0.4) is 0 Å². The lowest BCUT2D eigenvalue weighted by molar-refractivity contribution is -0.123. The standard InChI is InChI=1S/C22H27ClN2O5S/c1-4-30-21-10-9-19(15-20(21)23)31(27,28)25-13-11-16(12-14-25)22(26)24(2)17-5-7-18(29-3)8-6-17/h5-10,15-16H,4,11-14H2,1-3H3. The van der Waals surface area contributed by atoms with E-state index in [1.165, 1.54) is 16.4 Å². The summed E-state index contributed by atoms with van der Waals surface area (Å²) in [5.41, 5.74) is 0.768. The van der Waals surface area contributed by atoms with Crippen LogP contribution in [0.25, 0.3) is 0 Å². The Bertz CT molecular complexity index is 1020. The first kappa shape index (κ1) is 23.4. The Hall–Kier alpha value is -2.29. The van der Waals surface area contributed by atoms with Crippen LogP contribution >= 0.6 is 11.6 Å². The molecule has 31 heavy (non-hydrogen) atoms. The van der Waals surface area contributed by atoms with Crippen molar-refractivity contribution in [1.82, 2.24) is 4.31 Å². The third-order valence-corrected chi connectivity index (χ3v) is 7.62. The minimum atomic E-state index is -3.69. The van der Waals surface area contributed by atoms with Gasteiger partial charge in [-0.05, 0) is 62.2 Å². The number of amides is 1. The van der Waals surface area contributed by atoms with E-state index in [9.17, 15) is 13.2 Å². The van der Waals surface area contributed by atoms with E-state index < -0.39 is 10.0 Å². The summed E-state index contributed by atoms with van der Waals surface area (Å²) in [5.74, 6) is 0.917. The Balaban J connectivity index is 1.65. The highest BCUT2D eigenvalue weighted by Crippen LogP contribution is 2.31. The van der Waals surface area contributed by atoms with Gasteiger partial charge in [-0.1, -0.05) is 11.6 Å². The number of carbonyl (C=O) groups excluding carboxylic acids is 1. The van der Waals surface area contributed by atoms with Crippen LogP contribution in [-0.4, -0.2) is 52.5 Å². The number of halogens is 1. The quantitative estimate of drug-likeness (QED) is 0.620. The molecule has 0 aromatic heterocycles. The Morgan fingerprint density at radius 3 is 2.35 bits per heavy atom. The number of hydrogen-bond acceptors (Lipinski definition) is 5. The molecule has 2 aromatic carbocycles. The van der Waals surface area contributed by atoms with Crippen LogP contribution in [0.2, 0.25) is 5.02 Å². The molecule has 7 nitrogen and oxygen atoms in total. The maximum Gasteiger partial charge on any atom is 0.243 e. The van der Waals surface area contributed by atoms with Gasteiger partial charge in [-0.2, -0.15) is 4.31 Å². The fourth-order valence-corrected chi connectivity index (χ4v) is 5.41. The van der Waals surface area contributed by atoms with Gasteiger partial charge in [0.05, 0.1) is 23.6 Å². The van der Waals surface area contributed by atoms with Gasteiger partial charge in [-0.25, -0.2) is 8.42 Å². The monoisotopic (exact) mass is 466 g/mol. The van der Waals surface area contributed by atoms with Crippen molar-refractivity contribution in [3.63, 3.8) is 0 Å². The zero-order valence-electron chi connectivity index (χ0n) is 17.9. The zero-order chi connectivity index (χ0) is 22.6. The van der Waals surface area contributed by atoms with E-state index in [1.54, 1.807) is 37.3 Å². The zero-order valence-corrected chi connectivity index (χ0v) is 19.4. The molecular weight excluding hydrogens is 440 g/mol. The van der Waals surface area contributed by atoms with Crippen molar-refractivity contribution in [3.8, 4) is 11.5 Å².